The number of para-hydroxylation sites is 1. The number of anilines is 2. The first kappa shape index (κ1) is 16.7. The largest absolute Gasteiger partial charge is 0.399 e. The molecule has 0 spiro atoms. The first-order valence-corrected chi connectivity index (χ1v) is 9.13. The Morgan fingerprint density at radius 3 is 2.67 bits per heavy atom. The number of benzene rings is 1. The minimum Gasteiger partial charge on any atom is -0.399 e. The molecule has 1 aromatic carbocycles. The number of rotatable bonds is 5. The number of hydrogen-bond acceptors (Lipinski definition) is 6. The number of carbonyl (C=O) groups is 1. The summed E-state index contributed by atoms with van der Waals surface area (Å²) in [6.07, 6.45) is 2.06. The van der Waals surface area contributed by atoms with Gasteiger partial charge in [-0.1, -0.05) is 25.1 Å². The Hall–Kier alpha value is -2.15. The van der Waals surface area contributed by atoms with Crippen molar-refractivity contribution in [3.8, 4) is 0 Å². The first-order chi connectivity index (χ1) is 11.7. The van der Waals surface area contributed by atoms with Gasteiger partial charge < -0.3 is 15.5 Å². The Morgan fingerprint density at radius 2 is 2.00 bits per heavy atom. The molecule has 0 radical (unpaired) electrons. The SMILES string of the molecule is CCc1nsc(N2CCN(C(=O)CCc3ccccc3N)CC2)n1. The lowest BCUT2D eigenvalue weighted by Crippen LogP contribution is -2.48. The van der Waals surface area contributed by atoms with Gasteiger partial charge in [-0.15, -0.1) is 0 Å². The highest BCUT2D eigenvalue weighted by molar-refractivity contribution is 7.09. The molecule has 1 saturated heterocycles. The predicted molar refractivity (Wildman–Crippen MR) is 97.3 cm³/mol. The fraction of sp³-hybridized carbons (Fsp3) is 0.471. The van der Waals surface area contributed by atoms with Crippen LogP contribution in [-0.4, -0.2) is 46.3 Å². The van der Waals surface area contributed by atoms with Crippen molar-refractivity contribution in [2.45, 2.75) is 26.2 Å². The van der Waals surface area contributed by atoms with Crippen molar-refractivity contribution >= 4 is 28.3 Å². The molecular weight excluding hydrogens is 322 g/mol. The van der Waals surface area contributed by atoms with Gasteiger partial charge in [0.15, 0.2) is 0 Å². The second-order valence-corrected chi connectivity index (χ2v) is 6.64. The van der Waals surface area contributed by atoms with E-state index in [0.29, 0.717) is 12.8 Å². The fourth-order valence-corrected chi connectivity index (χ4v) is 3.63. The standard InChI is InChI=1S/C17H23N5OS/c1-2-15-19-17(24-20-15)22-11-9-21(10-12-22)16(23)8-7-13-5-3-4-6-14(13)18/h3-6H,2,7-12,18H2,1H3. The molecule has 128 valence electrons. The molecule has 1 aliphatic heterocycles. The molecule has 2 aromatic rings. The van der Waals surface area contributed by atoms with Gasteiger partial charge in [-0.3, -0.25) is 4.79 Å². The van der Waals surface area contributed by atoms with Crippen LogP contribution in [0.1, 0.15) is 24.7 Å². The van der Waals surface area contributed by atoms with Crippen molar-refractivity contribution in [1.82, 2.24) is 14.3 Å². The van der Waals surface area contributed by atoms with Gasteiger partial charge in [0.25, 0.3) is 0 Å². The Labute approximate surface area is 146 Å². The van der Waals surface area contributed by atoms with Gasteiger partial charge in [-0.05, 0) is 18.1 Å². The third-order valence-electron chi connectivity index (χ3n) is 4.34. The van der Waals surface area contributed by atoms with E-state index >= 15 is 0 Å². The van der Waals surface area contributed by atoms with Crippen molar-refractivity contribution in [1.29, 1.82) is 0 Å². The number of aryl methyl sites for hydroxylation is 2. The maximum absolute atomic E-state index is 12.4. The summed E-state index contributed by atoms with van der Waals surface area (Å²) >= 11 is 1.45. The molecule has 3 rings (SSSR count). The lowest BCUT2D eigenvalue weighted by molar-refractivity contribution is -0.131. The van der Waals surface area contributed by atoms with Crippen LogP contribution in [0.25, 0.3) is 0 Å². The molecule has 1 aromatic heterocycles. The van der Waals surface area contributed by atoms with Gasteiger partial charge in [-0.2, -0.15) is 4.37 Å². The van der Waals surface area contributed by atoms with Crippen molar-refractivity contribution in [2.24, 2.45) is 0 Å². The topological polar surface area (TPSA) is 75.4 Å². The van der Waals surface area contributed by atoms with Gasteiger partial charge in [0.05, 0.1) is 0 Å². The lowest BCUT2D eigenvalue weighted by atomic mass is 10.1. The molecule has 0 bridgehead atoms. The van der Waals surface area contributed by atoms with Crippen molar-refractivity contribution in [3.05, 3.63) is 35.7 Å². The van der Waals surface area contributed by atoms with Crippen molar-refractivity contribution in [3.63, 3.8) is 0 Å². The quantitative estimate of drug-likeness (QED) is 0.839. The summed E-state index contributed by atoms with van der Waals surface area (Å²) in [5.74, 6) is 1.10. The Bertz CT molecular complexity index is 694. The summed E-state index contributed by atoms with van der Waals surface area (Å²) in [6.45, 7) is 5.17. The van der Waals surface area contributed by atoms with Crippen LogP contribution in [0.3, 0.4) is 0 Å². The van der Waals surface area contributed by atoms with E-state index in [2.05, 4.69) is 21.2 Å². The van der Waals surface area contributed by atoms with Gasteiger partial charge in [0, 0.05) is 56.2 Å². The number of nitrogen functional groups attached to an aromatic ring is 1. The Kier molecular flexibility index (Phi) is 5.30. The fourth-order valence-electron chi connectivity index (χ4n) is 2.83. The highest BCUT2D eigenvalue weighted by Gasteiger charge is 2.23. The zero-order chi connectivity index (χ0) is 16.9. The second-order valence-electron chi connectivity index (χ2n) is 5.91. The normalized spacial score (nSPS) is 14.9. The molecule has 6 nitrogen and oxygen atoms in total. The summed E-state index contributed by atoms with van der Waals surface area (Å²) in [5, 5.41) is 0.969. The number of piperazine rings is 1. The zero-order valence-corrected chi connectivity index (χ0v) is 14.8. The van der Waals surface area contributed by atoms with E-state index in [1.165, 1.54) is 11.5 Å². The molecule has 0 unspecified atom stereocenters. The molecular formula is C17H23N5OS. The van der Waals surface area contributed by atoms with Gasteiger partial charge in [-0.25, -0.2) is 4.98 Å². The molecule has 0 aliphatic carbocycles. The van der Waals surface area contributed by atoms with E-state index in [4.69, 9.17) is 5.73 Å². The molecule has 2 heterocycles. The molecule has 0 saturated carbocycles. The zero-order valence-electron chi connectivity index (χ0n) is 13.9. The van der Waals surface area contributed by atoms with E-state index in [1.807, 2.05) is 29.2 Å². The third-order valence-corrected chi connectivity index (χ3v) is 5.15. The Morgan fingerprint density at radius 1 is 1.25 bits per heavy atom. The van der Waals surface area contributed by atoms with E-state index < -0.39 is 0 Å². The average molecular weight is 345 g/mol. The number of amides is 1. The van der Waals surface area contributed by atoms with E-state index in [9.17, 15) is 4.79 Å². The molecule has 1 fully saturated rings. The summed E-state index contributed by atoms with van der Waals surface area (Å²) in [4.78, 5) is 21.1. The number of aromatic nitrogens is 2. The molecule has 1 amide bonds. The van der Waals surface area contributed by atoms with Crippen molar-refractivity contribution in [2.75, 3.05) is 36.8 Å². The highest BCUT2D eigenvalue weighted by atomic mass is 32.1. The molecule has 2 N–H and O–H groups in total. The molecule has 24 heavy (non-hydrogen) atoms. The minimum atomic E-state index is 0.199. The summed E-state index contributed by atoms with van der Waals surface area (Å²) in [7, 11) is 0. The average Bonchev–Trinajstić information content (AvgIpc) is 3.10. The van der Waals surface area contributed by atoms with Crippen LogP contribution in [0, 0.1) is 0 Å². The Balaban J connectivity index is 1.49. The third kappa shape index (κ3) is 3.84. The van der Waals surface area contributed by atoms with Crippen LogP contribution >= 0.6 is 11.5 Å². The van der Waals surface area contributed by atoms with Gasteiger partial charge in [0.1, 0.15) is 5.82 Å². The summed E-state index contributed by atoms with van der Waals surface area (Å²) < 4.78 is 4.33. The van der Waals surface area contributed by atoms with Crippen molar-refractivity contribution < 1.29 is 4.79 Å². The number of nitrogens with two attached hydrogens (primary N) is 1. The van der Waals surface area contributed by atoms with Crippen LogP contribution in [-0.2, 0) is 17.6 Å². The molecule has 0 atom stereocenters. The summed E-state index contributed by atoms with van der Waals surface area (Å²) in [6, 6.07) is 7.74. The number of nitrogens with zero attached hydrogens (tertiary/aromatic N) is 4. The smallest absolute Gasteiger partial charge is 0.223 e. The number of carbonyl (C=O) groups excluding carboxylic acids is 1. The highest BCUT2D eigenvalue weighted by Crippen LogP contribution is 2.20. The summed E-state index contributed by atoms with van der Waals surface area (Å²) in [5.41, 5.74) is 7.75. The lowest BCUT2D eigenvalue weighted by Gasteiger charge is -2.34. The predicted octanol–water partition coefficient (Wildman–Crippen LogP) is 1.96. The van der Waals surface area contributed by atoms with Gasteiger partial charge in [0.2, 0.25) is 11.0 Å². The molecule has 1 aliphatic rings. The van der Waals surface area contributed by atoms with E-state index in [-0.39, 0.29) is 5.91 Å². The van der Waals surface area contributed by atoms with E-state index in [0.717, 1.165) is 54.8 Å². The van der Waals surface area contributed by atoms with Crippen LogP contribution in [0.4, 0.5) is 10.8 Å². The van der Waals surface area contributed by atoms with E-state index in [1.54, 1.807) is 0 Å². The van der Waals surface area contributed by atoms with Gasteiger partial charge >= 0.3 is 0 Å². The number of hydrogen-bond donors (Lipinski definition) is 1. The van der Waals surface area contributed by atoms with Crippen LogP contribution in [0.15, 0.2) is 24.3 Å². The maximum Gasteiger partial charge on any atom is 0.223 e. The van der Waals surface area contributed by atoms with Crippen LogP contribution < -0.4 is 10.6 Å². The molecule has 7 heteroatoms. The van der Waals surface area contributed by atoms with Crippen LogP contribution in [0.2, 0.25) is 0 Å². The minimum absolute atomic E-state index is 0.199. The maximum atomic E-state index is 12.4. The first-order valence-electron chi connectivity index (χ1n) is 8.36. The monoisotopic (exact) mass is 345 g/mol. The second kappa shape index (κ2) is 7.61. The van der Waals surface area contributed by atoms with Crippen LogP contribution in [0.5, 0.6) is 0 Å².